The lowest BCUT2D eigenvalue weighted by Crippen LogP contribution is -2.53. The van der Waals surface area contributed by atoms with Gasteiger partial charge in [-0.05, 0) is 163 Å². The lowest BCUT2D eigenvalue weighted by Gasteiger charge is -2.32. The number of rotatable bonds is 18. The maximum Gasteiger partial charge on any atom is 0.407 e. The van der Waals surface area contributed by atoms with Gasteiger partial charge in [-0.15, -0.1) is 0 Å². The number of hydrogen-bond acceptors (Lipinski definition) is 14. The van der Waals surface area contributed by atoms with Gasteiger partial charge in [-0.25, -0.2) is 14.4 Å². The van der Waals surface area contributed by atoms with Crippen molar-refractivity contribution in [1.29, 1.82) is 0 Å². The quantitative estimate of drug-likeness (QED) is 0.0499. The monoisotopic (exact) mass is 1130 g/mol. The van der Waals surface area contributed by atoms with Crippen LogP contribution in [0, 0.1) is 19.8 Å². The molecule has 0 unspecified atom stereocenters. The first kappa shape index (κ1) is 65.6. The molecule has 81 heavy (non-hydrogen) atoms. The summed E-state index contributed by atoms with van der Waals surface area (Å²) in [6.45, 7) is 21.6. The topological polar surface area (TPSA) is 295 Å². The van der Waals surface area contributed by atoms with E-state index in [9.17, 15) is 38.7 Å². The molecule has 7 amide bonds. The summed E-state index contributed by atoms with van der Waals surface area (Å²) in [7, 11) is 1.38. The molecule has 0 aromatic heterocycles. The number of carbonyl (C=O) groups excluding carboxylic acids is 8. The summed E-state index contributed by atoms with van der Waals surface area (Å²) in [4.78, 5) is 123. The molecule has 4 rings (SSSR count). The second-order valence-electron chi connectivity index (χ2n) is 23.1. The smallest absolute Gasteiger partial charge is 0.407 e. The van der Waals surface area contributed by atoms with E-state index in [1.165, 1.54) is 20.9 Å². The molecular weight excluding hydrogens is 1050 g/mol. The number of likely N-dealkylation sites (N-methyl/N-ethyl adjacent to an activating group) is 1. The number of nitrogens with one attached hydrogen (secondary N) is 6. The Labute approximate surface area is 474 Å². The number of ketones is 1. The van der Waals surface area contributed by atoms with Crippen molar-refractivity contribution >= 4 is 53.7 Å². The standard InChI is InChI=1S/C59H83N7O15/c1-34-18-21-41(35(2)30-34)50(69)65-44(24-25-60-54(74)79-57(5,6)7)52(71)66(14)48-39-20-23-47(78-29-27-62-56(76)81-59(11,12)13)43(33-39)42-32-38(19-22-46(42)77-28-26-61-55(75)80-58(8,9)10)31-40(49(68)64-37(4)53(72)73)16-15-17-45(67)36(3)63-51(48)70/h18-23,30,32-33,36-37,40,44,48H,15-17,24-29,31H2,1-14H3,(H,60,74)(H,61,75)(H,62,76)(H,63,70)(H,64,68)(H,65,69)(H,72,73)/t36-,37-,40-,44-,48-/m0/s1. The van der Waals surface area contributed by atoms with E-state index in [1.807, 2.05) is 13.0 Å². The van der Waals surface area contributed by atoms with Crippen LogP contribution in [0.3, 0.4) is 0 Å². The number of nitrogens with zero attached hydrogens (tertiary/aromatic N) is 1. The van der Waals surface area contributed by atoms with Crippen LogP contribution in [0.2, 0.25) is 0 Å². The van der Waals surface area contributed by atoms with Gasteiger partial charge < -0.3 is 65.6 Å². The molecule has 0 fully saturated rings. The highest BCUT2D eigenvalue weighted by molar-refractivity contribution is 6.00. The predicted molar refractivity (Wildman–Crippen MR) is 302 cm³/mol. The van der Waals surface area contributed by atoms with Crippen LogP contribution < -0.4 is 41.4 Å². The van der Waals surface area contributed by atoms with Crippen LogP contribution in [0.25, 0.3) is 11.1 Å². The fourth-order valence-corrected chi connectivity index (χ4v) is 8.58. The average Bonchev–Trinajstić information content (AvgIpc) is 3.48. The lowest BCUT2D eigenvalue weighted by atomic mass is 9.89. The van der Waals surface area contributed by atoms with Crippen molar-refractivity contribution in [3.8, 4) is 22.6 Å². The number of ether oxygens (including phenoxy) is 5. The van der Waals surface area contributed by atoms with Crippen molar-refractivity contribution in [1.82, 2.24) is 36.8 Å². The SMILES string of the molecule is Cc1ccc(C(=O)N[C@@H](CCNC(=O)OC(C)(C)C)C(=O)N(C)[C@@H]2C(=O)N[C@@H](C)C(=O)CCC[C@H](C(=O)N[C@@H](C)C(=O)O)Cc3ccc(OCCNC(=O)OC(C)(C)C)c(c3)-c3cc2ccc3OCCNC(=O)OC(C)(C)C)c(C)c1. The number of hydrogen-bond donors (Lipinski definition) is 7. The van der Waals surface area contributed by atoms with E-state index in [0.717, 1.165) is 10.5 Å². The summed E-state index contributed by atoms with van der Waals surface area (Å²) < 4.78 is 29.0. The van der Waals surface area contributed by atoms with Crippen LogP contribution in [0.5, 0.6) is 11.5 Å². The second-order valence-corrected chi connectivity index (χ2v) is 23.1. The molecule has 1 heterocycles. The van der Waals surface area contributed by atoms with Crippen LogP contribution in [0.4, 0.5) is 14.4 Å². The molecule has 0 radical (unpaired) electrons. The Kier molecular flexibility index (Phi) is 23.5. The van der Waals surface area contributed by atoms with Gasteiger partial charge in [0, 0.05) is 42.6 Å². The fourth-order valence-electron chi connectivity index (χ4n) is 8.58. The van der Waals surface area contributed by atoms with Crippen LogP contribution in [-0.4, -0.2) is 138 Å². The van der Waals surface area contributed by atoms with Gasteiger partial charge in [0.25, 0.3) is 5.91 Å². The highest BCUT2D eigenvalue weighted by atomic mass is 16.6. The van der Waals surface area contributed by atoms with E-state index < -0.39 is 94.8 Å². The first-order valence-corrected chi connectivity index (χ1v) is 27.2. The Bertz CT molecular complexity index is 2760. The fraction of sp³-hybridized carbons (Fsp3) is 0.542. The average molecular weight is 1130 g/mol. The summed E-state index contributed by atoms with van der Waals surface area (Å²) in [5, 5.41) is 25.8. The summed E-state index contributed by atoms with van der Waals surface area (Å²) in [5.41, 5.74) is 0.867. The third-order valence-electron chi connectivity index (χ3n) is 12.4. The molecule has 0 aliphatic carbocycles. The maximum absolute atomic E-state index is 15.2. The summed E-state index contributed by atoms with van der Waals surface area (Å²) in [6, 6.07) is 9.83. The molecule has 1 aliphatic heterocycles. The number of amides is 7. The van der Waals surface area contributed by atoms with Gasteiger partial charge in [0.05, 0.1) is 19.1 Å². The first-order chi connectivity index (χ1) is 37.7. The van der Waals surface area contributed by atoms with Crippen LogP contribution in [0.15, 0.2) is 54.6 Å². The number of Topliss-reactive ketones (excluding diaryl/α,β-unsaturated/α-hetero) is 1. The van der Waals surface area contributed by atoms with E-state index in [4.69, 9.17) is 23.7 Å². The molecule has 4 bridgehead atoms. The number of fused-ring (bicyclic) bond motifs is 5. The minimum atomic E-state index is -1.52. The van der Waals surface area contributed by atoms with Crippen molar-refractivity contribution in [2.45, 2.75) is 163 Å². The molecule has 7 N–H and O–H groups in total. The molecule has 22 heteroatoms. The number of aliphatic carboxylic acids is 1. The molecule has 0 spiro atoms. The van der Waals surface area contributed by atoms with Crippen molar-refractivity contribution in [2.75, 3.05) is 39.9 Å². The highest BCUT2D eigenvalue weighted by Gasteiger charge is 2.36. The van der Waals surface area contributed by atoms with Gasteiger partial charge in [-0.3, -0.25) is 28.8 Å². The van der Waals surface area contributed by atoms with Crippen molar-refractivity contribution in [2.24, 2.45) is 5.92 Å². The molecule has 5 atom stereocenters. The third kappa shape index (κ3) is 21.6. The zero-order chi connectivity index (χ0) is 60.6. The van der Waals surface area contributed by atoms with E-state index in [2.05, 4.69) is 31.9 Å². The largest absolute Gasteiger partial charge is 0.491 e. The molecule has 3 aromatic rings. The Morgan fingerprint density at radius 2 is 1.25 bits per heavy atom. The Hall–Kier alpha value is -7.91. The number of aryl methyl sites for hydroxylation is 2. The molecular formula is C59H83N7O15. The normalized spacial score (nSPS) is 16.7. The van der Waals surface area contributed by atoms with Crippen molar-refractivity contribution in [3.05, 3.63) is 82.4 Å². The number of carboxylic acid groups (broad SMARTS) is 1. The number of benzene rings is 3. The summed E-state index contributed by atoms with van der Waals surface area (Å²) in [5.74, 6) is -4.69. The first-order valence-electron chi connectivity index (χ1n) is 27.2. The molecule has 444 valence electrons. The number of alkyl carbamates (subject to hydrolysis) is 3. The van der Waals surface area contributed by atoms with Gasteiger partial charge in [0.1, 0.15) is 59.6 Å². The molecule has 22 nitrogen and oxygen atoms in total. The second kappa shape index (κ2) is 29.0. The minimum Gasteiger partial charge on any atom is -0.491 e. The maximum atomic E-state index is 15.2. The van der Waals surface area contributed by atoms with Gasteiger partial charge >= 0.3 is 24.2 Å². The molecule has 1 aliphatic rings. The van der Waals surface area contributed by atoms with Crippen molar-refractivity contribution < 1.29 is 71.9 Å². The zero-order valence-corrected chi connectivity index (χ0v) is 49.3. The van der Waals surface area contributed by atoms with Crippen LogP contribution >= 0.6 is 0 Å². The predicted octanol–water partition coefficient (Wildman–Crippen LogP) is 7.00. The van der Waals surface area contributed by atoms with E-state index >= 15 is 9.59 Å². The van der Waals surface area contributed by atoms with Gasteiger partial charge in [-0.1, -0.05) is 29.8 Å². The number of carboxylic acids is 1. The Morgan fingerprint density at radius 1 is 0.716 bits per heavy atom. The van der Waals surface area contributed by atoms with Crippen molar-refractivity contribution in [3.63, 3.8) is 0 Å². The molecule has 3 aromatic carbocycles. The Balaban J connectivity index is 1.96. The van der Waals surface area contributed by atoms with Gasteiger partial charge in [-0.2, -0.15) is 0 Å². The molecule has 0 saturated heterocycles. The summed E-state index contributed by atoms with van der Waals surface area (Å²) in [6.07, 6.45) is -1.97. The summed E-state index contributed by atoms with van der Waals surface area (Å²) >= 11 is 0. The number of carbonyl (C=O) groups is 9. The van der Waals surface area contributed by atoms with Gasteiger partial charge in [0.2, 0.25) is 17.7 Å². The van der Waals surface area contributed by atoms with E-state index in [0.29, 0.717) is 27.8 Å². The Morgan fingerprint density at radius 3 is 1.78 bits per heavy atom. The van der Waals surface area contributed by atoms with E-state index in [-0.39, 0.29) is 87.8 Å². The highest BCUT2D eigenvalue weighted by Crippen LogP contribution is 2.40. The van der Waals surface area contributed by atoms with E-state index in [1.54, 1.807) is 118 Å². The lowest BCUT2D eigenvalue weighted by molar-refractivity contribution is -0.142. The van der Waals surface area contributed by atoms with Crippen LogP contribution in [-0.2, 0) is 44.6 Å². The zero-order valence-electron chi connectivity index (χ0n) is 49.3. The van der Waals surface area contributed by atoms with Crippen LogP contribution in [0.1, 0.15) is 140 Å². The minimum absolute atomic E-state index is 0.000377. The van der Waals surface area contributed by atoms with Gasteiger partial charge in [0.15, 0.2) is 5.78 Å². The third-order valence-corrected chi connectivity index (χ3v) is 12.4. The molecule has 0 saturated carbocycles.